The summed E-state index contributed by atoms with van der Waals surface area (Å²) in [5, 5.41) is 0. The summed E-state index contributed by atoms with van der Waals surface area (Å²) < 4.78 is 11.3. The molecule has 1 saturated heterocycles. The summed E-state index contributed by atoms with van der Waals surface area (Å²) in [6.45, 7) is 3.40. The van der Waals surface area contributed by atoms with Gasteiger partial charge in [-0.15, -0.1) is 0 Å². The maximum atomic E-state index is 5.65. The first-order chi connectivity index (χ1) is 12.0. The Morgan fingerprint density at radius 3 is 0.667 bits per heavy atom. The van der Waals surface area contributed by atoms with Gasteiger partial charge in [0.05, 0.1) is 13.2 Å². The Morgan fingerprint density at radius 1 is 0.208 bits per heavy atom. The van der Waals surface area contributed by atoms with Crippen LogP contribution < -0.4 is 0 Å². The molecule has 0 amide bonds. The normalized spacial score (nSPS) is 24.0. The molecule has 0 N–H and O–H groups in total. The van der Waals surface area contributed by atoms with Crippen LogP contribution in [0.4, 0.5) is 0 Å². The fraction of sp³-hybridized carbons (Fsp3) is 1.00. The zero-order chi connectivity index (χ0) is 17.0. The van der Waals surface area contributed by atoms with Crippen molar-refractivity contribution in [2.75, 3.05) is 26.4 Å². The highest BCUT2D eigenvalue weighted by Gasteiger charge is 1.97. The van der Waals surface area contributed by atoms with Crippen molar-refractivity contribution >= 4 is 0 Å². The van der Waals surface area contributed by atoms with Crippen molar-refractivity contribution in [3.63, 3.8) is 0 Å². The summed E-state index contributed by atoms with van der Waals surface area (Å²) in [5.74, 6) is 0. The van der Waals surface area contributed by atoms with Gasteiger partial charge in [0, 0.05) is 13.2 Å². The number of hydrogen-bond donors (Lipinski definition) is 0. The fourth-order valence-electron chi connectivity index (χ4n) is 3.56. The average Bonchev–Trinajstić information content (AvgIpc) is 2.59. The largest absolute Gasteiger partial charge is 0.379 e. The van der Waals surface area contributed by atoms with Crippen LogP contribution in [0.1, 0.15) is 116 Å². The second kappa shape index (κ2) is 19.2. The van der Waals surface area contributed by atoms with E-state index >= 15 is 0 Å². The predicted octanol–water partition coefficient (Wildman–Crippen LogP) is 7.06. The van der Waals surface area contributed by atoms with Gasteiger partial charge in [-0.3, -0.25) is 0 Å². The van der Waals surface area contributed by atoms with E-state index in [1.807, 2.05) is 0 Å². The molecule has 24 heavy (non-hydrogen) atoms. The van der Waals surface area contributed by atoms with Crippen LogP contribution in [0.5, 0.6) is 0 Å². The molecule has 0 radical (unpaired) electrons. The molecule has 1 fully saturated rings. The van der Waals surface area contributed by atoms with Crippen molar-refractivity contribution in [3.05, 3.63) is 0 Å². The molecule has 1 rings (SSSR count). The highest BCUT2D eigenvalue weighted by atomic mass is 16.5. The van der Waals surface area contributed by atoms with Crippen LogP contribution in [0, 0.1) is 0 Å². The van der Waals surface area contributed by atoms with E-state index in [1.165, 1.54) is 116 Å². The summed E-state index contributed by atoms with van der Waals surface area (Å²) in [4.78, 5) is 0. The number of ether oxygens (including phenoxy) is 2. The molecule has 0 aliphatic carbocycles. The number of rotatable bonds is 0. The standard InChI is InChI=1S/C22H44O2/c1-2-4-6-8-10-12-14-16-18-20-24-22-21-23-19-17-15-13-11-9-7-5-3-1/h1-22H2. The molecule has 2 heteroatoms. The SMILES string of the molecule is C1CCCCCCCCCCOCCOCCCCCCCCC1. The molecule has 0 aromatic heterocycles. The molecule has 0 aromatic rings. The first kappa shape index (κ1) is 22.0. The average molecular weight is 341 g/mol. The summed E-state index contributed by atoms with van der Waals surface area (Å²) in [6, 6.07) is 0. The Kier molecular flexibility index (Phi) is 17.6. The number of hydrogen-bond acceptors (Lipinski definition) is 2. The Balaban J connectivity index is 2.00. The van der Waals surface area contributed by atoms with Crippen LogP contribution >= 0.6 is 0 Å². The second-order valence-electron chi connectivity index (χ2n) is 7.59. The topological polar surface area (TPSA) is 18.5 Å². The molecule has 0 bridgehead atoms. The van der Waals surface area contributed by atoms with Crippen molar-refractivity contribution in [3.8, 4) is 0 Å². The van der Waals surface area contributed by atoms with Crippen LogP contribution in [0.3, 0.4) is 0 Å². The molecule has 144 valence electrons. The van der Waals surface area contributed by atoms with Gasteiger partial charge in [0.25, 0.3) is 0 Å². The Labute approximate surface area is 152 Å². The third kappa shape index (κ3) is 16.8. The molecule has 0 saturated carbocycles. The summed E-state index contributed by atoms with van der Waals surface area (Å²) in [5.41, 5.74) is 0. The monoisotopic (exact) mass is 340 g/mol. The van der Waals surface area contributed by atoms with Gasteiger partial charge in [0.2, 0.25) is 0 Å². The van der Waals surface area contributed by atoms with Crippen LogP contribution in [-0.2, 0) is 9.47 Å². The van der Waals surface area contributed by atoms with Crippen molar-refractivity contribution in [2.24, 2.45) is 0 Å². The molecule has 0 aromatic carbocycles. The minimum absolute atomic E-state index is 0.778. The lowest BCUT2D eigenvalue weighted by atomic mass is 10.0. The minimum Gasteiger partial charge on any atom is -0.379 e. The smallest absolute Gasteiger partial charge is 0.0700 e. The molecule has 1 heterocycles. The van der Waals surface area contributed by atoms with E-state index in [0.717, 1.165) is 26.4 Å². The van der Waals surface area contributed by atoms with E-state index in [-0.39, 0.29) is 0 Å². The maximum Gasteiger partial charge on any atom is 0.0700 e. The highest BCUT2D eigenvalue weighted by molar-refractivity contribution is 4.51. The van der Waals surface area contributed by atoms with E-state index in [9.17, 15) is 0 Å². The van der Waals surface area contributed by atoms with Crippen molar-refractivity contribution < 1.29 is 9.47 Å². The zero-order valence-electron chi connectivity index (χ0n) is 16.4. The lowest BCUT2D eigenvalue weighted by Gasteiger charge is -2.07. The van der Waals surface area contributed by atoms with Crippen LogP contribution in [0.25, 0.3) is 0 Å². The first-order valence-corrected chi connectivity index (χ1v) is 11.2. The predicted molar refractivity (Wildman–Crippen MR) is 105 cm³/mol. The Morgan fingerprint density at radius 2 is 0.417 bits per heavy atom. The van der Waals surface area contributed by atoms with Gasteiger partial charge in [-0.05, 0) is 12.8 Å². The maximum absolute atomic E-state index is 5.65. The van der Waals surface area contributed by atoms with Crippen molar-refractivity contribution in [1.82, 2.24) is 0 Å². The van der Waals surface area contributed by atoms with Crippen LogP contribution in [-0.4, -0.2) is 26.4 Å². The van der Waals surface area contributed by atoms with Crippen LogP contribution in [0.2, 0.25) is 0 Å². The molecule has 1 aliphatic rings. The van der Waals surface area contributed by atoms with Crippen molar-refractivity contribution in [1.29, 1.82) is 0 Å². The molecule has 0 spiro atoms. The van der Waals surface area contributed by atoms with Crippen LogP contribution in [0.15, 0.2) is 0 Å². The fourth-order valence-corrected chi connectivity index (χ4v) is 3.56. The first-order valence-electron chi connectivity index (χ1n) is 11.2. The Hall–Kier alpha value is -0.0800. The molecular weight excluding hydrogens is 296 g/mol. The third-order valence-electron chi connectivity index (χ3n) is 5.20. The van der Waals surface area contributed by atoms with E-state index in [1.54, 1.807) is 0 Å². The molecule has 0 atom stereocenters. The summed E-state index contributed by atoms with van der Waals surface area (Å²) in [7, 11) is 0. The third-order valence-corrected chi connectivity index (χ3v) is 5.20. The van der Waals surface area contributed by atoms with E-state index in [0.29, 0.717) is 0 Å². The second-order valence-corrected chi connectivity index (χ2v) is 7.59. The highest BCUT2D eigenvalue weighted by Crippen LogP contribution is 2.14. The lowest BCUT2D eigenvalue weighted by molar-refractivity contribution is 0.0448. The molecular formula is C22H44O2. The summed E-state index contributed by atoms with van der Waals surface area (Å²) >= 11 is 0. The molecule has 1 aliphatic heterocycles. The van der Waals surface area contributed by atoms with Gasteiger partial charge in [-0.2, -0.15) is 0 Å². The van der Waals surface area contributed by atoms with Gasteiger partial charge in [-0.25, -0.2) is 0 Å². The van der Waals surface area contributed by atoms with Crippen molar-refractivity contribution in [2.45, 2.75) is 116 Å². The van der Waals surface area contributed by atoms with E-state index < -0.39 is 0 Å². The van der Waals surface area contributed by atoms with Gasteiger partial charge in [0.1, 0.15) is 0 Å². The van der Waals surface area contributed by atoms with Gasteiger partial charge >= 0.3 is 0 Å². The van der Waals surface area contributed by atoms with E-state index in [4.69, 9.17) is 9.47 Å². The molecule has 0 unspecified atom stereocenters. The minimum atomic E-state index is 0.778. The van der Waals surface area contributed by atoms with Gasteiger partial charge in [-0.1, -0.05) is 103 Å². The Bertz CT molecular complexity index is 120. The summed E-state index contributed by atoms with van der Waals surface area (Å²) in [6.07, 6.45) is 25.3. The lowest BCUT2D eigenvalue weighted by Crippen LogP contribution is -2.06. The molecule has 2 nitrogen and oxygen atoms in total. The van der Waals surface area contributed by atoms with Gasteiger partial charge in [0.15, 0.2) is 0 Å². The zero-order valence-corrected chi connectivity index (χ0v) is 16.4. The van der Waals surface area contributed by atoms with Gasteiger partial charge < -0.3 is 9.47 Å². The van der Waals surface area contributed by atoms with E-state index in [2.05, 4.69) is 0 Å². The quantitative estimate of drug-likeness (QED) is 0.470.